The van der Waals surface area contributed by atoms with Crippen molar-refractivity contribution in [3.8, 4) is 0 Å². The summed E-state index contributed by atoms with van der Waals surface area (Å²) < 4.78 is 10.1. The average molecular weight is 348 g/mol. The van der Waals surface area contributed by atoms with Gasteiger partial charge in [-0.2, -0.15) is 0 Å². The number of nitrogens with zero attached hydrogens (tertiary/aromatic N) is 3. The Bertz CT molecular complexity index is 768. The van der Waals surface area contributed by atoms with Crippen LogP contribution in [0.2, 0.25) is 0 Å². The smallest absolute Gasteiger partial charge is 0.243 e. The number of carbonyl (C=O) groups is 2. The molecule has 0 aromatic carbocycles. The molecule has 0 spiro atoms. The van der Waals surface area contributed by atoms with Gasteiger partial charge in [0.05, 0.1) is 30.5 Å². The van der Waals surface area contributed by atoms with Crippen molar-refractivity contribution >= 4 is 11.8 Å². The molecule has 2 atom stereocenters. The number of nitrogens with one attached hydrogen (secondary N) is 1. The van der Waals surface area contributed by atoms with E-state index in [2.05, 4.69) is 15.6 Å². The topological polar surface area (TPSA) is 122 Å². The van der Waals surface area contributed by atoms with Gasteiger partial charge in [0, 0.05) is 25.1 Å². The Morgan fingerprint density at radius 2 is 1.88 bits per heavy atom. The van der Waals surface area contributed by atoms with Crippen molar-refractivity contribution in [2.24, 2.45) is 0 Å². The Hall–Kier alpha value is -2.68. The third kappa shape index (κ3) is 4.05. The number of hydrogen-bond acceptors (Lipinski definition) is 7. The van der Waals surface area contributed by atoms with Gasteiger partial charge in [-0.3, -0.25) is 9.59 Å². The maximum absolute atomic E-state index is 12.5. The van der Waals surface area contributed by atoms with Crippen LogP contribution >= 0.6 is 0 Å². The first-order chi connectivity index (χ1) is 11.9. The number of carbonyl (C=O) groups excluding carboxylic acids is 2. The molecular weight excluding hydrogens is 328 g/mol. The summed E-state index contributed by atoms with van der Waals surface area (Å²) in [6, 6.07) is 2.67. The lowest BCUT2D eigenvalue weighted by atomic mass is 10.1. The van der Waals surface area contributed by atoms with Crippen molar-refractivity contribution in [3.63, 3.8) is 0 Å². The van der Waals surface area contributed by atoms with Crippen LogP contribution in [0.4, 0.5) is 0 Å². The van der Waals surface area contributed by atoms with E-state index >= 15 is 0 Å². The molecule has 1 saturated heterocycles. The normalized spacial score (nSPS) is 20.0. The van der Waals surface area contributed by atoms with Gasteiger partial charge in [0.2, 0.25) is 11.8 Å². The van der Waals surface area contributed by atoms with Crippen molar-refractivity contribution in [1.82, 2.24) is 20.5 Å². The SMILES string of the molecule is Cc1cc(CNC(=O)C2CC(O)CN2C(=O)Cc2cc(C)no2)on1. The molecule has 0 radical (unpaired) electrons. The van der Waals surface area contributed by atoms with Crippen LogP contribution in [0.25, 0.3) is 0 Å². The second-order valence-corrected chi connectivity index (χ2v) is 6.22. The monoisotopic (exact) mass is 348 g/mol. The largest absolute Gasteiger partial charge is 0.391 e. The number of aromatic nitrogens is 2. The van der Waals surface area contributed by atoms with E-state index in [0.29, 0.717) is 17.2 Å². The zero-order valence-corrected chi connectivity index (χ0v) is 14.1. The fourth-order valence-electron chi connectivity index (χ4n) is 2.88. The first kappa shape index (κ1) is 17.2. The highest BCUT2D eigenvalue weighted by molar-refractivity contribution is 5.89. The van der Waals surface area contributed by atoms with E-state index < -0.39 is 12.1 Å². The van der Waals surface area contributed by atoms with Crippen molar-refractivity contribution in [1.29, 1.82) is 0 Å². The van der Waals surface area contributed by atoms with E-state index in [1.807, 2.05) is 0 Å². The van der Waals surface area contributed by atoms with Gasteiger partial charge in [0.25, 0.3) is 0 Å². The fraction of sp³-hybridized carbons (Fsp3) is 0.500. The summed E-state index contributed by atoms with van der Waals surface area (Å²) in [6.07, 6.45) is -0.537. The van der Waals surface area contributed by atoms with Gasteiger partial charge in [-0.1, -0.05) is 10.3 Å². The molecule has 9 nitrogen and oxygen atoms in total. The van der Waals surface area contributed by atoms with E-state index in [1.165, 1.54) is 4.90 Å². The van der Waals surface area contributed by atoms with E-state index in [0.717, 1.165) is 5.69 Å². The van der Waals surface area contributed by atoms with Gasteiger partial charge >= 0.3 is 0 Å². The second-order valence-electron chi connectivity index (χ2n) is 6.22. The number of β-amino-alcohol motifs (C(OH)–C–C–N with tert-alkyl or cyclic N) is 1. The van der Waals surface area contributed by atoms with Crippen LogP contribution in [-0.2, 0) is 22.6 Å². The van der Waals surface area contributed by atoms with E-state index in [9.17, 15) is 14.7 Å². The lowest BCUT2D eigenvalue weighted by Gasteiger charge is -2.23. The molecular formula is C16H20N4O5. The average Bonchev–Trinajstić information content (AvgIpc) is 3.26. The number of aliphatic hydroxyl groups is 1. The van der Waals surface area contributed by atoms with Crippen molar-refractivity contribution in [2.45, 2.75) is 45.4 Å². The third-order valence-corrected chi connectivity index (χ3v) is 4.02. The molecule has 1 aliphatic heterocycles. The van der Waals surface area contributed by atoms with Gasteiger partial charge in [0.1, 0.15) is 11.8 Å². The zero-order chi connectivity index (χ0) is 18.0. The van der Waals surface area contributed by atoms with Gasteiger partial charge in [-0.15, -0.1) is 0 Å². The molecule has 9 heteroatoms. The van der Waals surface area contributed by atoms with Crippen molar-refractivity contribution < 1.29 is 23.7 Å². The van der Waals surface area contributed by atoms with Crippen LogP contribution in [0.15, 0.2) is 21.2 Å². The summed E-state index contributed by atoms with van der Waals surface area (Å²) in [4.78, 5) is 26.3. The standard InChI is InChI=1S/C16H20N4O5/c1-9-3-12(24-18-9)6-15(22)20-8-11(21)5-14(20)16(23)17-7-13-4-10(2)19-25-13/h3-4,11,14,21H,5-8H2,1-2H3,(H,17,23). The van der Waals surface area contributed by atoms with E-state index in [1.54, 1.807) is 26.0 Å². The van der Waals surface area contributed by atoms with Crippen LogP contribution in [0.1, 0.15) is 29.3 Å². The third-order valence-electron chi connectivity index (χ3n) is 4.02. The van der Waals surface area contributed by atoms with Gasteiger partial charge < -0.3 is 24.4 Å². The van der Waals surface area contributed by atoms with Crippen LogP contribution in [0, 0.1) is 13.8 Å². The minimum Gasteiger partial charge on any atom is -0.391 e. The zero-order valence-electron chi connectivity index (χ0n) is 14.1. The molecule has 3 heterocycles. The Labute approximate surface area is 143 Å². The van der Waals surface area contributed by atoms with Crippen LogP contribution < -0.4 is 5.32 Å². The highest BCUT2D eigenvalue weighted by Crippen LogP contribution is 2.20. The Morgan fingerprint density at radius 1 is 1.24 bits per heavy atom. The summed E-state index contributed by atoms with van der Waals surface area (Å²) in [5.41, 5.74) is 1.40. The van der Waals surface area contributed by atoms with Gasteiger partial charge in [-0.25, -0.2) is 0 Å². The van der Waals surface area contributed by atoms with Crippen LogP contribution in [0.3, 0.4) is 0 Å². The number of aryl methyl sites for hydroxylation is 2. The molecule has 2 unspecified atom stereocenters. The van der Waals surface area contributed by atoms with Crippen LogP contribution in [0.5, 0.6) is 0 Å². The first-order valence-electron chi connectivity index (χ1n) is 8.02. The maximum atomic E-state index is 12.5. The molecule has 2 aromatic rings. The Kier molecular flexibility index (Phi) is 4.84. The van der Waals surface area contributed by atoms with E-state index in [-0.39, 0.29) is 37.7 Å². The molecule has 0 aliphatic carbocycles. The molecule has 25 heavy (non-hydrogen) atoms. The summed E-state index contributed by atoms with van der Waals surface area (Å²) in [5, 5.41) is 20.1. The van der Waals surface area contributed by atoms with Gasteiger partial charge in [0.15, 0.2) is 5.76 Å². The summed E-state index contributed by atoms with van der Waals surface area (Å²) in [6.45, 7) is 3.84. The predicted octanol–water partition coefficient (Wildman–Crippen LogP) is 0.100. The number of hydrogen-bond donors (Lipinski definition) is 2. The van der Waals surface area contributed by atoms with E-state index in [4.69, 9.17) is 9.05 Å². The quantitative estimate of drug-likeness (QED) is 0.786. The maximum Gasteiger partial charge on any atom is 0.243 e. The lowest BCUT2D eigenvalue weighted by Crippen LogP contribution is -2.46. The number of amides is 2. The summed E-state index contributed by atoms with van der Waals surface area (Å²) >= 11 is 0. The number of aliphatic hydroxyl groups excluding tert-OH is 1. The molecule has 0 saturated carbocycles. The van der Waals surface area contributed by atoms with Crippen molar-refractivity contribution in [2.75, 3.05) is 6.54 Å². The highest BCUT2D eigenvalue weighted by Gasteiger charge is 2.39. The minimum atomic E-state index is -0.733. The molecule has 0 bridgehead atoms. The minimum absolute atomic E-state index is 0.00135. The number of likely N-dealkylation sites (tertiary alicyclic amines) is 1. The molecule has 1 aliphatic rings. The van der Waals surface area contributed by atoms with Crippen LogP contribution in [-0.4, -0.2) is 50.8 Å². The predicted molar refractivity (Wildman–Crippen MR) is 84.2 cm³/mol. The molecule has 2 N–H and O–H groups in total. The first-order valence-corrected chi connectivity index (χ1v) is 8.02. The lowest BCUT2D eigenvalue weighted by molar-refractivity contribution is -0.138. The molecule has 2 amide bonds. The number of rotatable bonds is 5. The Balaban J connectivity index is 1.61. The second kappa shape index (κ2) is 7.06. The highest BCUT2D eigenvalue weighted by atomic mass is 16.5. The molecule has 2 aromatic heterocycles. The Morgan fingerprint density at radius 3 is 2.48 bits per heavy atom. The molecule has 1 fully saturated rings. The molecule has 3 rings (SSSR count). The van der Waals surface area contributed by atoms with Crippen molar-refractivity contribution in [3.05, 3.63) is 35.0 Å². The summed E-state index contributed by atoms with van der Waals surface area (Å²) in [7, 11) is 0. The molecule has 134 valence electrons. The van der Waals surface area contributed by atoms with Gasteiger partial charge in [-0.05, 0) is 13.8 Å². The fourth-order valence-corrected chi connectivity index (χ4v) is 2.88. The summed E-state index contributed by atoms with van der Waals surface area (Å²) in [5.74, 6) is 0.329.